The van der Waals surface area contributed by atoms with Gasteiger partial charge < -0.3 is 4.74 Å². The predicted octanol–water partition coefficient (Wildman–Crippen LogP) is 1.53. The van der Waals surface area contributed by atoms with Gasteiger partial charge in [0.05, 0.1) is 6.61 Å². The van der Waals surface area contributed by atoms with Crippen LogP contribution in [0.4, 0.5) is 0 Å². The molecule has 2 aromatic heterocycles. The molecule has 0 unspecified atom stereocenters. The lowest BCUT2D eigenvalue weighted by Crippen LogP contribution is -2.29. The van der Waals surface area contributed by atoms with Crippen LogP contribution >= 0.6 is 0 Å². The highest BCUT2D eigenvalue weighted by molar-refractivity contribution is 7.89. The summed E-state index contributed by atoms with van der Waals surface area (Å²) >= 11 is 0. The topological polar surface area (TPSA) is 72.4 Å². The third-order valence-electron chi connectivity index (χ3n) is 4.19. The van der Waals surface area contributed by atoms with E-state index in [-0.39, 0.29) is 16.7 Å². The maximum Gasteiger partial charge on any atom is 0.244 e. The van der Waals surface area contributed by atoms with E-state index in [9.17, 15) is 8.42 Å². The Morgan fingerprint density at radius 3 is 2.61 bits per heavy atom. The summed E-state index contributed by atoms with van der Waals surface area (Å²) in [5, 5.41) is 0. The van der Waals surface area contributed by atoms with Crippen LogP contribution in [0.15, 0.2) is 53.9 Å². The first-order chi connectivity index (χ1) is 11.1. The van der Waals surface area contributed by atoms with E-state index < -0.39 is 10.0 Å². The summed E-state index contributed by atoms with van der Waals surface area (Å²) in [6.07, 6.45) is 6.42. The monoisotopic (exact) mass is 333 g/mol. The lowest BCUT2D eigenvalue weighted by Gasteiger charge is -2.17. The number of nitrogens with zero attached hydrogens (tertiary/aromatic N) is 3. The number of hydrogen-bond donors (Lipinski definition) is 0. The Kier molecular flexibility index (Phi) is 4.70. The smallest absolute Gasteiger partial charge is 0.244 e. The summed E-state index contributed by atoms with van der Waals surface area (Å²) < 4.78 is 32.4. The highest BCUT2D eigenvalue weighted by Crippen LogP contribution is 2.35. The summed E-state index contributed by atoms with van der Waals surface area (Å²) in [4.78, 5) is 8.18. The van der Waals surface area contributed by atoms with Crippen LogP contribution in [-0.2, 0) is 14.8 Å². The van der Waals surface area contributed by atoms with Crippen LogP contribution in [0.1, 0.15) is 11.5 Å². The van der Waals surface area contributed by atoms with Gasteiger partial charge in [-0.3, -0.25) is 9.97 Å². The molecule has 122 valence electrons. The molecule has 0 aromatic carbocycles. The maximum absolute atomic E-state index is 12.8. The van der Waals surface area contributed by atoms with Crippen LogP contribution in [0, 0.1) is 5.92 Å². The molecule has 0 aliphatic carbocycles. The van der Waals surface area contributed by atoms with Gasteiger partial charge in [0.25, 0.3) is 0 Å². The van der Waals surface area contributed by atoms with Gasteiger partial charge in [-0.1, -0.05) is 0 Å². The molecule has 2 aromatic rings. The van der Waals surface area contributed by atoms with Gasteiger partial charge in [-0.25, -0.2) is 8.42 Å². The maximum atomic E-state index is 12.8. The molecule has 1 aliphatic rings. The average Bonchev–Trinajstić information content (AvgIpc) is 3.02. The second-order valence-corrected chi connectivity index (χ2v) is 7.55. The van der Waals surface area contributed by atoms with Crippen LogP contribution in [0.25, 0.3) is 0 Å². The van der Waals surface area contributed by atoms with Gasteiger partial charge in [0.15, 0.2) is 0 Å². The first kappa shape index (κ1) is 16.0. The summed E-state index contributed by atoms with van der Waals surface area (Å²) in [5.74, 6) is 0.221. The Hall–Kier alpha value is -1.83. The molecular formula is C16H19N3O3S. The molecule has 3 heterocycles. The van der Waals surface area contributed by atoms with Gasteiger partial charge in [-0.05, 0) is 29.8 Å². The molecule has 0 spiro atoms. The van der Waals surface area contributed by atoms with Crippen molar-refractivity contribution in [2.45, 2.75) is 10.8 Å². The fourth-order valence-corrected chi connectivity index (χ4v) is 4.54. The van der Waals surface area contributed by atoms with Crippen molar-refractivity contribution in [3.05, 3.63) is 54.6 Å². The SMILES string of the molecule is COC[C@@H]1CN(S(=O)(=O)c2cccnc2)C[C@H]1c1ccncc1. The molecule has 2 atom stereocenters. The van der Waals surface area contributed by atoms with Crippen molar-refractivity contribution >= 4 is 10.0 Å². The normalized spacial score (nSPS) is 22.3. The van der Waals surface area contributed by atoms with Gasteiger partial charge in [0.1, 0.15) is 4.90 Å². The Morgan fingerprint density at radius 1 is 1.17 bits per heavy atom. The minimum atomic E-state index is -3.53. The molecule has 1 fully saturated rings. The number of methoxy groups -OCH3 is 1. The van der Waals surface area contributed by atoms with Crippen LogP contribution < -0.4 is 0 Å². The minimum absolute atomic E-state index is 0.101. The zero-order valence-corrected chi connectivity index (χ0v) is 13.7. The van der Waals surface area contributed by atoms with Crippen LogP contribution in [-0.4, -0.2) is 49.5 Å². The summed E-state index contributed by atoms with van der Waals surface area (Å²) in [7, 11) is -1.89. The molecule has 0 radical (unpaired) electrons. The number of pyridine rings is 2. The number of aromatic nitrogens is 2. The average molecular weight is 333 g/mol. The molecule has 0 N–H and O–H groups in total. The van der Waals surface area contributed by atoms with Crippen molar-refractivity contribution in [3.8, 4) is 0 Å². The van der Waals surface area contributed by atoms with Crippen molar-refractivity contribution in [1.82, 2.24) is 14.3 Å². The molecule has 0 bridgehead atoms. The zero-order valence-electron chi connectivity index (χ0n) is 12.9. The van der Waals surface area contributed by atoms with Gasteiger partial charge in [0.2, 0.25) is 10.0 Å². The van der Waals surface area contributed by atoms with Gasteiger partial charge >= 0.3 is 0 Å². The number of sulfonamides is 1. The molecule has 0 amide bonds. The molecule has 7 heteroatoms. The third-order valence-corrected chi connectivity index (χ3v) is 6.01. The second-order valence-electron chi connectivity index (χ2n) is 5.61. The Bertz CT molecular complexity index is 738. The Morgan fingerprint density at radius 2 is 1.96 bits per heavy atom. The van der Waals surface area contributed by atoms with Crippen molar-refractivity contribution in [1.29, 1.82) is 0 Å². The summed E-state index contributed by atoms with van der Waals surface area (Å²) in [6, 6.07) is 7.09. The summed E-state index contributed by atoms with van der Waals surface area (Å²) in [6.45, 7) is 1.40. The van der Waals surface area contributed by atoms with Crippen LogP contribution in [0.3, 0.4) is 0 Å². The first-order valence-corrected chi connectivity index (χ1v) is 8.86. The zero-order chi connectivity index (χ0) is 16.3. The first-order valence-electron chi connectivity index (χ1n) is 7.42. The van der Waals surface area contributed by atoms with Crippen molar-refractivity contribution < 1.29 is 13.2 Å². The van der Waals surface area contributed by atoms with E-state index in [0.29, 0.717) is 19.7 Å². The van der Waals surface area contributed by atoms with Gasteiger partial charge in [0, 0.05) is 56.8 Å². The van der Waals surface area contributed by atoms with E-state index in [1.807, 2.05) is 12.1 Å². The lowest BCUT2D eigenvalue weighted by molar-refractivity contribution is 0.151. The van der Waals surface area contributed by atoms with Gasteiger partial charge in [-0.15, -0.1) is 0 Å². The number of ether oxygens (including phenoxy) is 1. The standard InChI is InChI=1S/C16H19N3O3S/c1-22-12-14-10-19(11-16(14)13-4-7-17-8-5-13)23(20,21)15-3-2-6-18-9-15/h2-9,14,16H,10-12H2,1H3/t14-,16-/m0/s1. The van der Waals surface area contributed by atoms with Gasteiger partial charge in [-0.2, -0.15) is 4.31 Å². The van der Waals surface area contributed by atoms with E-state index >= 15 is 0 Å². The van der Waals surface area contributed by atoms with Crippen molar-refractivity contribution in [3.63, 3.8) is 0 Å². The lowest BCUT2D eigenvalue weighted by atomic mass is 9.90. The largest absolute Gasteiger partial charge is 0.384 e. The molecule has 1 aliphatic heterocycles. The fourth-order valence-electron chi connectivity index (χ4n) is 3.05. The minimum Gasteiger partial charge on any atom is -0.384 e. The predicted molar refractivity (Wildman–Crippen MR) is 85.3 cm³/mol. The molecule has 1 saturated heterocycles. The molecular weight excluding hydrogens is 314 g/mol. The van der Waals surface area contributed by atoms with Crippen molar-refractivity contribution in [2.75, 3.05) is 26.8 Å². The van der Waals surface area contributed by atoms with Crippen LogP contribution in [0.2, 0.25) is 0 Å². The third kappa shape index (κ3) is 3.26. The van der Waals surface area contributed by atoms with E-state index in [1.165, 1.54) is 10.5 Å². The molecule has 3 rings (SSSR count). The number of hydrogen-bond acceptors (Lipinski definition) is 5. The molecule has 23 heavy (non-hydrogen) atoms. The molecule has 6 nitrogen and oxygen atoms in total. The number of rotatable bonds is 5. The fraction of sp³-hybridized carbons (Fsp3) is 0.375. The Balaban J connectivity index is 1.89. The summed E-state index contributed by atoms with van der Waals surface area (Å²) in [5.41, 5.74) is 1.09. The van der Waals surface area contributed by atoms with E-state index in [1.54, 1.807) is 37.8 Å². The van der Waals surface area contributed by atoms with E-state index in [4.69, 9.17) is 4.74 Å². The van der Waals surface area contributed by atoms with E-state index in [2.05, 4.69) is 9.97 Å². The molecule has 0 saturated carbocycles. The Labute approximate surface area is 136 Å². The second kappa shape index (κ2) is 6.74. The highest BCUT2D eigenvalue weighted by Gasteiger charge is 2.40. The van der Waals surface area contributed by atoms with Crippen LogP contribution in [0.5, 0.6) is 0 Å². The van der Waals surface area contributed by atoms with E-state index in [0.717, 1.165) is 5.56 Å². The van der Waals surface area contributed by atoms with Crippen molar-refractivity contribution in [2.24, 2.45) is 5.92 Å². The highest BCUT2D eigenvalue weighted by atomic mass is 32.2. The quantitative estimate of drug-likeness (QED) is 0.830.